The summed E-state index contributed by atoms with van der Waals surface area (Å²) in [5.41, 5.74) is -0.313. The molecule has 3 atom stereocenters. The van der Waals surface area contributed by atoms with Crippen LogP contribution in [0.3, 0.4) is 0 Å². The molecule has 5 nitrogen and oxygen atoms in total. The van der Waals surface area contributed by atoms with Gasteiger partial charge in [-0.3, -0.25) is 4.79 Å². The average molecular weight is 310 g/mol. The summed E-state index contributed by atoms with van der Waals surface area (Å²) in [5, 5.41) is 0. The topological polar surface area (TPSA) is 79.0 Å². The molecule has 0 aromatic carbocycles. The molecule has 2 saturated carbocycles. The first-order chi connectivity index (χ1) is 9.65. The van der Waals surface area contributed by atoms with E-state index in [2.05, 4.69) is 30.5 Å². The number of nitrogens with one attached hydrogen (secondary N) is 2. The Morgan fingerprint density at radius 2 is 2.00 bits per heavy atom. The molecule has 0 saturated heterocycles. The van der Waals surface area contributed by atoms with Crippen molar-refractivity contribution in [2.45, 2.75) is 51.0 Å². The third-order valence-corrected chi connectivity index (χ3v) is 7.03. The van der Waals surface area contributed by atoms with Crippen molar-refractivity contribution < 1.29 is 8.42 Å². The van der Waals surface area contributed by atoms with Crippen molar-refractivity contribution in [1.82, 2.24) is 9.71 Å². The van der Waals surface area contributed by atoms with E-state index >= 15 is 0 Å². The molecule has 0 spiro atoms. The lowest BCUT2D eigenvalue weighted by Gasteiger charge is -2.42. The van der Waals surface area contributed by atoms with Crippen molar-refractivity contribution in [3.8, 4) is 0 Å². The molecule has 3 unspecified atom stereocenters. The molecule has 3 rings (SSSR count). The molecular weight excluding hydrogens is 288 g/mol. The fourth-order valence-electron chi connectivity index (χ4n) is 4.38. The highest BCUT2D eigenvalue weighted by atomic mass is 32.2. The molecule has 2 aliphatic carbocycles. The molecule has 2 N–H and O–H groups in total. The summed E-state index contributed by atoms with van der Waals surface area (Å²) in [4.78, 5) is 13.6. The summed E-state index contributed by atoms with van der Waals surface area (Å²) >= 11 is 0. The van der Waals surface area contributed by atoms with E-state index in [-0.39, 0.29) is 27.3 Å². The van der Waals surface area contributed by atoms with Gasteiger partial charge >= 0.3 is 0 Å². The second-order valence-electron chi connectivity index (χ2n) is 7.36. The van der Waals surface area contributed by atoms with Gasteiger partial charge in [0.15, 0.2) is 0 Å². The van der Waals surface area contributed by atoms with Gasteiger partial charge in [-0.25, -0.2) is 13.1 Å². The summed E-state index contributed by atoms with van der Waals surface area (Å²) in [6, 6.07) is 2.52. The van der Waals surface area contributed by atoms with Crippen molar-refractivity contribution in [2.24, 2.45) is 16.7 Å². The Balaban J connectivity index is 1.92. The normalized spacial score (nSPS) is 34.2. The van der Waals surface area contributed by atoms with Crippen molar-refractivity contribution in [2.75, 3.05) is 0 Å². The third-order valence-electron chi connectivity index (χ3n) is 5.61. The van der Waals surface area contributed by atoms with E-state index in [1.165, 1.54) is 24.8 Å². The van der Waals surface area contributed by atoms with E-state index in [0.717, 1.165) is 12.8 Å². The molecule has 21 heavy (non-hydrogen) atoms. The quantitative estimate of drug-likeness (QED) is 0.894. The highest BCUT2D eigenvalue weighted by Gasteiger charge is 2.60. The molecule has 2 aliphatic rings. The predicted molar refractivity (Wildman–Crippen MR) is 80.4 cm³/mol. The molecule has 1 aromatic heterocycles. The van der Waals surface area contributed by atoms with Crippen molar-refractivity contribution in [3.05, 3.63) is 28.7 Å². The van der Waals surface area contributed by atoms with E-state index in [1.807, 2.05) is 0 Å². The monoisotopic (exact) mass is 310 g/mol. The minimum absolute atomic E-state index is 0.0312. The van der Waals surface area contributed by atoms with Crippen LogP contribution >= 0.6 is 0 Å². The number of aromatic nitrogens is 1. The molecule has 0 amide bonds. The van der Waals surface area contributed by atoms with Gasteiger partial charge in [0.05, 0.1) is 4.90 Å². The summed E-state index contributed by atoms with van der Waals surface area (Å²) in [6.07, 6.45) is 4.59. The molecule has 6 heteroatoms. The van der Waals surface area contributed by atoms with Crippen molar-refractivity contribution >= 4 is 10.0 Å². The van der Waals surface area contributed by atoms with E-state index in [0.29, 0.717) is 5.92 Å². The number of fused-ring (bicyclic) bond motifs is 2. The molecule has 116 valence electrons. The lowest BCUT2D eigenvalue weighted by atomic mass is 9.69. The van der Waals surface area contributed by atoms with Crippen LogP contribution in [0.5, 0.6) is 0 Å². The fourth-order valence-corrected chi connectivity index (χ4v) is 5.88. The van der Waals surface area contributed by atoms with Crippen LogP contribution in [0.25, 0.3) is 0 Å². The second-order valence-corrected chi connectivity index (χ2v) is 9.07. The zero-order chi connectivity index (χ0) is 15.5. The van der Waals surface area contributed by atoms with Gasteiger partial charge in [0.25, 0.3) is 0 Å². The fraction of sp³-hybridized carbons (Fsp3) is 0.667. The van der Waals surface area contributed by atoms with Crippen LogP contribution in [0.4, 0.5) is 0 Å². The van der Waals surface area contributed by atoms with Crippen LogP contribution in [0.2, 0.25) is 0 Å². The maximum absolute atomic E-state index is 12.6. The van der Waals surface area contributed by atoms with Crippen LogP contribution in [-0.4, -0.2) is 19.4 Å². The largest absolute Gasteiger partial charge is 0.328 e. The molecule has 2 fully saturated rings. The first-order valence-electron chi connectivity index (χ1n) is 7.36. The van der Waals surface area contributed by atoms with Gasteiger partial charge in [-0.2, -0.15) is 0 Å². The average Bonchev–Trinajstić information content (AvgIpc) is 2.87. The Kier molecular flexibility index (Phi) is 3.12. The Labute approximate surface area is 125 Å². The number of H-pyrrole nitrogens is 1. The standard InChI is InChI=1S/C15H22N2O3S/c1-14(2)10-6-7-15(3,8-10)13(14)17-21(19,20)11-4-5-12(18)16-9-11/h4-5,9-10,13,17H,6-8H2,1-3H3,(H,16,18). The molecule has 1 aromatic rings. The highest BCUT2D eigenvalue weighted by molar-refractivity contribution is 7.89. The van der Waals surface area contributed by atoms with Gasteiger partial charge in [0.1, 0.15) is 0 Å². The van der Waals surface area contributed by atoms with E-state index in [9.17, 15) is 13.2 Å². The van der Waals surface area contributed by atoms with Gasteiger partial charge in [0.2, 0.25) is 15.6 Å². The van der Waals surface area contributed by atoms with Crippen molar-refractivity contribution in [3.63, 3.8) is 0 Å². The van der Waals surface area contributed by atoms with Crippen LogP contribution in [-0.2, 0) is 10.0 Å². The molecule has 1 heterocycles. The number of hydrogen-bond acceptors (Lipinski definition) is 3. The van der Waals surface area contributed by atoms with Gasteiger partial charge < -0.3 is 4.98 Å². The SMILES string of the molecule is CC12CCC(C1)C(C)(C)C2NS(=O)(=O)c1ccc(=O)[nH]c1. The first kappa shape index (κ1) is 14.8. The summed E-state index contributed by atoms with van der Waals surface area (Å²) in [5.74, 6) is 0.575. The number of aromatic amines is 1. The summed E-state index contributed by atoms with van der Waals surface area (Å²) in [6.45, 7) is 6.49. The molecule has 0 aliphatic heterocycles. The lowest BCUT2D eigenvalue weighted by Crippen LogP contribution is -2.52. The minimum Gasteiger partial charge on any atom is -0.328 e. The van der Waals surface area contributed by atoms with Gasteiger partial charge in [-0.15, -0.1) is 0 Å². The zero-order valence-corrected chi connectivity index (χ0v) is 13.5. The number of pyridine rings is 1. The highest BCUT2D eigenvalue weighted by Crippen LogP contribution is 2.62. The van der Waals surface area contributed by atoms with E-state index < -0.39 is 10.0 Å². The Morgan fingerprint density at radius 3 is 2.52 bits per heavy atom. The van der Waals surface area contributed by atoms with Gasteiger partial charge in [-0.1, -0.05) is 20.8 Å². The molecule has 2 bridgehead atoms. The van der Waals surface area contributed by atoms with E-state index in [1.54, 1.807) is 0 Å². The van der Waals surface area contributed by atoms with E-state index in [4.69, 9.17) is 0 Å². The maximum atomic E-state index is 12.6. The predicted octanol–water partition coefficient (Wildman–Crippen LogP) is 1.87. The number of sulfonamides is 1. The van der Waals surface area contributed by atoms with Crippen LogP contribution in [0.1, 0.15) is 40.0 Å². The molecule has 0 radical (unpaired) electrons. The number of rotatable bonds is 3. The molecular formula is C15H22N2O3S. The van der Waals surface area contributed by atoms with Gasteiger partial charge in [-0.05, 0) is 42.1 Å². The van der Waals surface area contributed by atoms with Gasteiger partial charge in [0, 0.05) is 18.3 Å². The lowest BCUT2D eigenvalue weighted by molar-refractivity contribution is 0.127. The Morgan fingerprint density at radius 1 is 1.29 bits per heavy atom. The maximum Gasteiger partial charge on any atom is 0.247 e. The Hall–Kier alpha value is -1.14. The first-order valence-corrected chi connectivity index (χ1v) is 8.85. The van der Waals surface area contributed by atoms with Crippen LogP contribution < -0.4 is 10.3 Å². The smallest absolute Gasteiger partial charge is 0.247 e. The summed E-state index contributed by atoms with van der Waals surface area (Å²) in [7, 11) is -3.61. The van der Waals surface area contributed by atoms with Crippen molar-refractivity contribution in [1.29, 1.82) is 0 Å². The zero-order valence-electron chi connectivity index (χ0n) is 12.6. The second kappa shape index (κ2) is 4.43. The number of hydrogen-bond donors (Lipinski definition) is 2. The van der Waals surface area contributed by atoms with Crippen LogP contribution in [0, 0.1) is 16.7 Å². The third kappa shape index (κ3) is 2.25. The Bertz CT molecular complexity index is 697. The summed E-state index contributed by atoms with van der Waals surface area (Å²) < 4.78 is 28.0. The minimum atomic E-state index is -3.61. The van der Waals surface area contributed by atoms with Crippen LogP contribution in [0.15, 0.2) is 28.0 Å².